The van der Waals surface area contributed by atoms with Gasteiger partial charge in [-0.1, -0.05) is 0 Å². The van der Waals surface area contributed by atoms with Crippen LogP contribution < -0.4 is 5.73 Å². The van der Waals surface area contributed by atoms with Crippen molar-refractivity contribution in [3.8, 4) is 0 Å². The Labute approximate surface area is 126 Å². The summed E-state index contributed by atoms with van der Waals surface area (Å²) in [5.41, 5.74) is 6.75. The first-order valence-electron chi connectivity index (χ1n) is 5.83. The lowest BCUT2D eigenvalue weighted by Crippen LogP contribution is -2.27. The van der Waals surface area contributed by atoms with Gasteiger partial charge in [0, 0.05) is 13.1 Å². The number of imidazole rings is 1. The fourth-order valence-electron chi connectivity index (χ4n) is 2.37. The number of hydrogen-bond acceptors (Lipinski definition) is 4. The quantitative estimate of drug-likeness (QED) is 0.590. The van der Waals surface area contributed by atoms with Crippen molar-refractivity contribution in [3.05, 3.63) is 21.5 Å². The molecule has 1 unspecified atom stereocenters. The largest absolute Gasteiger partial charge is 0.369 e. The van der Waals surface area contributed by atoms with E-state index >= 15 is 0 Å². The van der Waals surface area contributed by atoms with Gasteiger partial charge >= 0.3 is 0 Å². The fourth-order valence-corrected chi connectivity index (χ4v) is 2.83. The van der Waals surface area contributed by atoms with E-state index in [4.69, 9.17) is 5.73 Å². The summed E-state index contributed by atoms with van der Waals surface area (Å²) < 4.78 is 15.6. The zero-order valence-electron chi connectivity index (χ0n) is 10.4. The Morgan fingerprint density at radius 2 is 2.15 bits per heavy atom. The molecule has 0 aliphatic carbocycles. The summed E-state index contributed by atoms with van der Waals surface area (Å²) in [5, 5.41) is 0. The number of nitrogen functional groups attached to an aromatic ring is 1. The van der Waals surface area contributed by atoms with Crippen molar-refractivity contribution in [3.63, 3.8) is 0 Å². The summed E-state index contributed by atoms with van der Waals surface area (Å²) in [6.45, 7) is 0. The average molecular weight is 388 g/mol. The Bertz CT molecular complexity index is 757. The molecular weight excluding hydrogens is 378 g/mol. The summed E-state index contributed by atoms with van der Waals surface area (Å²) in [6, 6.07) is 2.09. The third-order valence-electron chi connectivity index (χ3n) is 3.43. The normalized spacial score (nSPS) is 19.4. The molecule has 6 nitrogen and oxygen atoms in total. The van der Waals surface area contributed by atoms with Crippen molar-refractivity contribution in [1.29, 1.82) is 0 Å². The number of amides is 2. The van der Waals surface area contributed by atoms with Gasteiger partial charge in [0.1, 0.15) is 11.9 Å². The predicted molar refractivity (Wildman–Crippen MR) is 78.3 cm³/mol. The molecule has 2 aromatic rings. The molecule has 1 aliphatic rings. The summed E-state index contributed by atoms with van der Waals surface area (Å²) >= 11 is 1.86. The molecule has 0 saturated carbocycles. The van der Waals surface area contributed by atoms with Crippen LogP contribution in [0.1, 0.15) is 12.5 Å². The number of likely N-dealkylation sites (N-methyl/N-ethyl adjacent to an activating group) is 1. The first-order chi connectivity index (χ1) is 9.40. The van der Waals surface area contributed by atoms with Crippen LogP contribution in [0.5, 0.6) is 0 Å². The maximum atomic E-state index is 13.7. The number of fused-ring (bicyclic) bond motifs is 1. The molecule has 2 N–H and O–H groups in total. The number of imide groups is 1. The number of carbonyl (C=O) groups excluding carboxylic acids is 2. The highest BCUT2D eigenvalue weighted by atomic mass is 127. The van der Waals surface area contributed by atoms with E-state index in [9.17, 15) is 14.0 Å². The van der Waals surface area contributed by atoms with Crippen molar-refractivity contribution in [2.75, 3.05) is 12.8 Å². The van der Waals surface area contributed by atoms with Crippen molar-refractivity contribution in [1.82, 2.24) is 14.5 Å². The van der Waals surface area contributed by atoms with Crippen LogP contribution in [0.25, 0.3) is 11.0 Å². The maximum Gasteiger partial charge on any atom is 0.252 e. The van der Waals surface area contributed by atoms with Crippen molar-refractivity contribution < 1.29 is 14.0 Å². The molecule has 8 heteroatoms. The van der Waals surface area contributed by atoms with Crippen LogP contribution in [0.15, 0.2) is 12.1 Å². The van der Waals surface area contributed by atoms with E-state index in [2.05, 4.69) is 4.98 Å². The third-order valence-corrected chi connectivity index (χ3v) is 4.25. The van der Waals surface area contributed by atoms with Crippen molar-refractivity contribution >= 4 is 51.4 Å². The van der Waals surface area contributed by atoms with Crippen LogP contribution in [0.3, 0.4) is 0 Å². The lowest BCUT2D eigenvalue weighted by Gasteiger charge is -2.13. The minimum Gasteiger partial charge on any atom is -0.369 e. The van der Waals surface area contributed by atoms with Gasteiger partial charge in [-0.3, -0.25) is 19.1 Å². The number of nitrogens with zero attached hydrogens (tertiary/aromatic N) is 3. The topological polar surface area (TPSA) is 81.2 Å². The second kappa shape index (κ2) is 4.40. The number of aromatic nitrogens is 2. The number of hydrogen-bond donors (Lipinski definition) is 1. The number of anilines is 1. The molecule has 104 valence electrons. The van der Waals surface area contributed by atoms with E-state index in [1.54, 1.807) is 6.07 Å². The second-order valence-electron chi connectivity index (χ2n) is 4.61. The third kappa shape index (κ3) is 1.78. The number of halogens is 2. The van der Waals surface area contributed by atoms with E-state index in [-0.39, 0.29) is 24.2 Å². The molecule has 1 atom stereocenters. The van der Waals surface area contributed by atoms with Gasteiger partial charge in [-0.25, -0.2) is 9.37 Å². The minimum absolute atomic E-state index is 0.0125. The monoisotopic (exact) mass is 388 g/mol. The highest BCUT2D eigenvalue weighted by molar-refractivity contribution is 14.1. The molecule has 0 radical (unpaired) electrons. The Morgan fingerprint density at radius 3 is 2.75 bits per heavy atom. The van der Waals surface area contributed by atoms with Crippen LogP contribution in [0.2, 0.25) is 0 Å². The van der Waals surface area contributed by atoms with Crippen molar-refractivity contribution in [2.45, 2.75) is 12.5 Å². The zero-order valence-corrected chi connectivity index (χ0v) is 12.6. The molecule has 1 fully saturated rings. The van der Waals surface area contributed by atoms with Gasteiger partial charge < -0.3 is 5.73 Å². The Balaban J connectivity index is 2.22. The van der Waals surface area contributed by atoms with E-state index in [1.807, 2.05) is 22.6 Å². The molecule has 2 amide bonds. The average Bonchev–Trinajstić information content (AvgIpc) is 2.81. The van der Waals surface area contributed by atoms with Crippen LogP contribution in [0.4, 0.5) is 10.3 Å². The minimum atomic E-state index is -0.753. The van der Waals surface area contributed by atoms with Gasteiger partial charge in [0.15, 0.2) is 0 Å². The molecule has 2 heterocycles. The smallest absolute Gasteiger partial charge is 0.252 e. The molecule has 1 aromatic carbocycles. The van der Waals surface area contributed by atoms with Gasteiger partial charge in [0.2, 0.25) is 11.9 Å². The van der Waals surface area contributed by atoms with E-state index in [1.165, 1.54) is 17.7 Å². The molecule has 1 saturated heterocycles. The Kier molecular flexibility index (Phi) is 2.92. The lowest BCUT2D eigenvalue weighted by atomic mass is 10.2. The summed E-state index contributed by atoms with van der Waals surface area (Å²) in [7, 11) is 1.42. The summed E-state index contributed by atoms with van der Waals surface area (Å²) in [5.74, 6) is -0.959. The number of rotatable bonds is 1. The number of carbonyl (C=O) groups is 2. The van der Waals surface area contributed by atoms with Gasteiger partial charge in [0.05, 0.1) is 21.0 Å². The van der Waals surface area contributed by atoms with Gasteiger partial charge in [-0.05, 0) is 28.7 Å². The SMILES string of the molecule is CN1C(=O)CC(n2c(N)nc3cc(I)c(F)cc32)C1=O. The second-order valence-corrected chi connectivity index (χ2v) is 5.77. The number of nitrogens with two attached hydrogens (primary N) is 1. The van der Waals surface area contributed by atoms with E-state index in [0.717, 1.165) is 4.90 Å². The summed E-state index contributed by atoms with van der Waals surface area (Å²) in [4.78, 5) is 28.9. The van der Waals surface area contributed by atoms with E-state index < -0.39 is 11.9 Å². The predicted octanol–water partition coefficient (Wildman–Crippen LogP) is 1.29. The molecule has 20 heavy (non-hydrogen) atoms. The van der Waals surface area contributed by atoms with Crippen LogP contribution in [0, 0.1) is 9.39 Å². The highest BCUT2D eigenvalue weighted by Crippen LogP contribution is 2.31. The maximum absolute atomic E-state index is 13.7. The first kappa shape index (κ1) is 13.3. The summed E-state index contributed by atoms with van der Waals surface area (Å²) in [6.07, 6.45) is 0.0125. The molecule has 0 spiro atoms. The van der Waals surface area contributed by atoms with Gasteiger partial charge in [0.25, 0.3) is 5.91 Å². The first-order valence-corrected chi connectivity index (χ1v) is 6.91. The number of benzene rings is 1. The molecule has 0 bridgehead atoms. The highest BCUT2D eigenvalue weighted by Gasteiger charge is 2.39. The van der Waals surface area contributed by atoms with Crippen molar-refractivity contribution in [2.24, 2.45) is 0 Å². The standard InChI is InChI=1S/C12H10FIN4O2/c1-17-10(19)4-9(11(17)20)18-8-2-5(13)6(14)3-7(8)16-12(18)15/h2-3,9H,4H2,1H3,(H2,15,16). The lowest BCUT2D eigenvalue weighted by molar-refractivity contribution is -0.137. The van der Waals surface area contributed by atoms with Gasteiger partial charge in [-0.15, -0.1) is 0 Å². The van der Waals surface area contributed by atoms with Crippen LogP contribution in [-0.2, 0) is 9.59 Å². The van der Waals surface area contributed by atoms with Crippen LogP contribution in [-0.4, -0.2) is 33.3 Å². The van der Waals surface area contributed by atoms with Gasteiger partial charge in [-0.2, -0.15) is 0 Å². The number of likely N-dealkylation sites (tertiary alicyclic amines) is 1. The van der Waals surface area contributed by atoms with Crippen LogP contribution >= 0.6 is 22.6 Å². The van der Waals surface area contributed by atoms with E-state index in [0.29, 0.717) is 14.6 Å². The zero-order chi connectivity index (χ0) is 14.6. The molecule has 1 aliphatic heterocycles. The molecule has 1 aromatic heterocycles. The Hall–Kier alpha value is -1.71. The molecule has 3 rings (SSSR count). The fraction of sp³-hybridized carbons (Fsp3) is 0.250. The molecular formula is C12H10FIN4O2. The Morgan fingerprint density at radius 1 is 1.45 bits per heavy atom.